The lowest BCUT2D eigenvalue weighted by Gasteiger charge is -2.06. The SMILES string of the molecule is Cc1cc(/C(N)=N/N)cc(C)c1Br. The summed E-state index contributed by atoms with van der Waals surface area (Å²) in [5.74, 6) is 5.45. The number of benzene rings is 1. The molecule has 0 aliphatic heterocycles. The second kappa shape index (κ2) is 3.79. The maximum absolute atomic E-state index is 5.59. The molecular formula is C9H12BrN3. The van der Waals surface area contributed by atoms with Crippen molar-refractivity contribution in [3.8, 4) is 0 Å². The first kappa shape index (κ1) is 10.1. The van der Waals surface area contributed by atoms with Gasteiger partial charge in [-0.05, 0) is 37.1 Å². The van der Waals surface area contributed by atoms with Crippen LogP contribution in [0.2, 0.25) is 0 Å². The summed E-state index contributed by atoms with van der Waals surface area (Å²) in [5, 5.41) is 3.45. The highest BCUT2D eigenvalue weighted by Crippen LogP contribution is 2.22. The van der Waals surface area contributed by atoms with Crippen LogP contribution < -0.4 is 11.6 Å². The third-order valence-electron chi connectivity index (χ3n) is 1.87. The molecule has 0 spiro atoms. The molecular weight excluding hydrogens is 230 g/mol. The van der Waals surface area contributed by atoms with E-state index in [1.165, 1.54) is 0 Å². The first-order chi connectivity index (χ1) is 6.06. The van der Waals surface area contributed by atoms with E-state index in [0.29, 0.717) is 5.84 Å². The predicted molar refractivity (Wildman–Crippen MR) is 58.5 cm³/mol. The number of rotatable bonds is 1. The molecule has 3 nitrogen and oxygen atoms in total. The molecule has 0 atom stereocenters. The summed E-state index contributed by atoms with van der Waals surface area (Å²) >= 11 is 3.47. The molecule has 0 amide bonds. The molecule has 4 N–H and O–H groups in total. The number of amidine groups is 1. The monoisotopic (exact) mass is 241 g/mol. The fourth-order valence-corrected chi connectivity index (χ4v) is 1.40. The molecule has 70 valence electrons. The molecule has 0 saturated carbocycles. The van der Waals surface area contributed by atoms with Crippen LogP contribution in [0.1, 0.15) is 16.7 Å². The van der Waals surface area contributed by atoms with E-state index in [1.54, 1.807) is 0 Å². The molecule has 4 heteroatoms. The highest BCUT2D eigenvalue weighted by atomic mass is 79.9. The van der Waals surface area contributed by atoms with Gasteiger partial charge in [-0.15, -0.1) is 0 Å². The van der Waals surface area contributed by atoms with Crippen molar-refractivity contribution < 1.29 is 0 Å². The highest BCUT2D eigenvalue weighted by molar-refractivity contribution is 9.10. The van der Waals surface area contributed by atoms with Crippen molar-refractivity contribution in [2.75, 3.05) is 0 Å². The minimum Gasteiger partial charge on any atom is -0.382 e. The summed E-state index contributed by atoms with van der Waals surface area (Å²) < 4.78 is 1.10. The molecule has 0 saturated heterocycles. The average molecular weight is 242 g/mol. The summed E-state index contributed by atoms with van der Waals surface area (Å²) in [6.07, 6.45) is 0. The summed E-state index contributed by atoms with van der Waals surface area (Å²) in [5.41, 5.74) is 8.71. The van der Waals surface area contributed by atoms with Gasteiger partial charge in [0.1, 0.15) is 5.84 Å². The number of nitrogens with two attached hydrogens (primary N) is 2. The van der Waals surface area contributed by atoms with Gasteiger partial charge >= 0.3 is 0 Å². The van der Waals surface area contributed by atoms with Crippen molar-refractivity contribution in [2.24, 2.45) is 16.7 Å². The van der Waals surface area contributed by atoms with Crippen molar-refractivity contribution in [2.45, 2.75) is 13.8 Å². The number of nitrogens with zero attached hydrogens (tertiary/aromatic N) is 1. The third-order valence-corrected chi connectivity index (χ3v) is 3.12. The van der Waals surface area contributed by atoms with Crippen LogP contribution in [0, 0.1) is 13.8 Å². The lowest BCUT2D eigenvalue weighted by molar-refractivity contribution is 1.22. The maximum atomic E-state index is 5.59. The maximum Gasteiger partial charge on any atom is 0.150 e. The smallest absolute Gasteiger partial charge is 0.150 e. The molecule has 0 aliphatic carbocycles. The van der Waals surface area contributed by atoms with E-state index in [2.05, 4.69) is 21.0 Å². The first-order valence-electron chi connectivity index (χ1n) is 3.86. The summed E-state index contributed by atoms with van der Waals surface area (Å²) in [4.78, 5) is 0. The Bertz CT molecular complexity index is 335. The minimum absolute atomic E-state index is 0.360. The normalized spacial score (nSPS) is 11.8. The molecule has 0 bridgehead atoms. The van der Waals surface area contributed by atoms with Crippen LogP contribution in [0.25, 0.3) is 0 Å². The molecule has 1 aromatic carbocycles. The van der Waals surface area contributed by atoms with Gasteiger partial charge in [0.05, 0.1) is 0 Å². The van der Waals surface area contributed by atoms with Gasteiger partial charge in [-0.2, -0.15) is 5.10 Å². The first-order valence-corrected chi connectivity index (χ1v) is 4.66. The number of hydrogen-bond acceptors (Lipinski definition) is 2. The van der Waals surface area contributed by atoms with E-state index in [-0.39, 0.29) is 0 Å². The van der Waals surface area contributed by atoms with Crippen molar-refractivity contribution in [3.05, 3.63) is 33.3 Å². The van der Waals surface area contributed by atoms with Crippen LogP contribution in [0.3, 0.4) is 0 Å². The number of hydrogen-bond donors (Lipinski definition) is 2. The van der Waals surface area contributed by atoms with Crippen molar-refractivity contribution in [1.29, 1.82) is 0 Å². The van der Waals surface area contributed by atoms with E-state index < -0.39 is 0 Å². The van der Waals surface area contributed by atoms with E-state index >= 15 is 0 Å². The molecule has 0 unspecified atom stereocenters. The van der Waals surface area contributed by atoms with Crippen LogP contribution in [0.15, 0.2) is 21.7 Å². The number of hydrazone groups is 1. The van der Waals surface area contributed by atoms with Gasteiger partial charge in [0.2, 0.25) is 0 Å². The third kappa shape index (κ3) is 2.01. The lowest BCUT2D eigenvalue weighted by atomic mass is 10.1. The van der Waals surface area contributed by atoms with Crippen molar-refractivity contribution >= 4 is 21.8 Å². The Morgan fingerprint density at radius 3 is 2.15 bits per heavy atom. The lowest BCUT2D eigenvalue weighted by Crippen LogP contribution is -2.15. The molecule has 0 fully saturated rings. The van der Waals surface area contributed by atoms with E-state index in [1.807, 2.05) is 26.0 Å². The largest absolute Gasteiger partial charge is 0.382 e. The second-order valence-electron chi connectivity index (χ2n) is 2.94. The van der Waals surface area contributed by atoms with E-state index in [9.17, 15) is 0 Å². The predicted octanol–water partition coefficient (Wildman–Crippen LogP) is 1.64. The van der Waals surface area contributed by atoms with Gasteiger partial charge in [0.15, 0.2) is 0 Å². The summed E-state index contributed by atoms with van der Waals surface area (Å²) in [6, 6.07) is 3.89. The second-order valence-corrected chi connectivity index (χ2v) is 3.73. The van der Waals surface area contributed by atoms with Crippen LogP contribution in [-0.2, 0) is 0 Å². The molecule has 0 aromatic heterocycles. The Hall–Kier alpha value is -1.03. The van der Waals surface area contributed by atoms with Crippen LogP contribution >= 0.6 is 15.9 Å². The Morgan fingerprint density at radius 2 is 1.77 bits per heavy atom. The average Bonchev–Trinajstić information content (AvgIpc) is 2.12. The van der Waals surface area contributed by atoms with Crippen LogP contribution in [0.5, 0.6) is 0 Å². The highest BCUT2D eigenvalue weighted by Gasteiger charge is 2.04. The Balaban J connectivity index is 3.29. The zero-order valence-electron chi connectivity index (χ0n) is 7.63. The molecule has 0 heterocycles. The Kier molecular flexibility index (Phi) is 2.93. The van der Waals surface area contributed by atoms with Gasteiger partial charge in [-0.1, -0.05) is 15.9 Å². The van der Waals surface area contributed by atoms with E-state index in [0.717, 1.165) is 21.2 Å². The van der Waals surface area contributed by atoms with Crippen LogP contribution in [0.4, 0.5) is 0 Å². The zero-order valence-corrected chi connectivity index (χ0v) is 9.22. The number of halogens is 1. The number of aryl methyl sites for hydroxylation is 2. The quantitative estimate of drug-likeness (QED) is 0.340. The van der Waals surface area contributed by atoms with Gasteiger partial charge in [-0.3, -0.25) is 0 Å². The van der Waals surface area contributed by atoms with Crippen LogP contribution in [-0.4, -0.2) is 5.84 Å². The van der Waals surface area contributed by atoms with Gasteiger partial charge in [-0.25, -0.2) is 0 Å². The fourth-order valence-electron chi connectivity index (χ4n) is 1.17. The van der Waals surface area contributed by atoms with Gasteiger partial charge in [0.25, 0.3) is 0 Å². The Morgan fingerprint density at radius 1 is 1.31 bits per heavy atom. The Labute approximate surface area is 85.9 Å². The molecule has 0 radical (unpaired) electrons. The van der Waals surface area contributed by atoms with Crippen molar-refractivity contribution in [1.82, 2.24) is 0 Å². The standard InChI is InChI=1S/C9H12BrN3/c1-5-3-7(9(11)13-12)4-6(2)8(5)10/h3-4H,12H2,1-2H3,(H2,11,13). The zero-order chi connectivity index (χ0) is 10.0. The molecule has 1 rings (SSSR count). The molecule has 1 aromatic rings. The molecule has 13 heavy (non-hydrogen) atoms. The van der Waals surface area contributed by atoms with Crippen molar-refractivity contribution in [3.63, 3.8) is 0 Å². The topological polar surface area (TPSA) is 64.4 Å². The fraction of sp³-hybridized carbons (Fsp3) is 0.222. The van der Waals surface area contributed by atoms with Gasteiger partial charge < -0.3 is 11.6 Å². The summed E-state index contributed by atoms with van der Waals surface area (Å²) in [7, 11) is 0. The van der Waals surface area contributed by atoms with E-state index in [4.69, 9.17) is 11.6 Å². The summed E-state index contributed by atoms with van der Waals surface area (Å²) in [6.45, 7) is 4.01. The minimum atomic E-state index is 0.360. The van der Waals surface area contributed by atoms with Gasteiger partial charge in [0, 0.05) is 10.0 Å². The molecule has 0 aliphatic rings.